The number of nitrogens with zero attached hydrogens (tertiary/aromatic N) is 2. The van der Waals surface area contributed by atoms with Crippen molar-refractivity contribution in [2.45, 2.75) is 33.1 Å². The zero-order valence-corrected chi connectivity index (χ0v) is 13.5. The van der Waals surface area contributed by atoms with E-state index >= 15 is 0 Å². The third-order valence-electron chi connectivity index (χ3n) is 4.16. The van der Waals surface area contributed by atoms with Crippen LogP contribution >= 0.6 is 22.9 Å². The lowest BCUT2D eigenvalue weighted by atomic mass is 9.98. The van der Waals surface area contributed by atoms with Crippen LogP contribution in [0.1, 0.15) is 31.2 Å². The standard InChI is InChI=1S/C14H20N4S2/c1-8-4-3-5-10(8)6-16-14-12(13(15)18-20-14)11-7-19-9(2)17-11/h7-8,10,16H,3-6H2,1-2H3,(H2,15,18). The Bertz CT molecular complexity index is 590. The van der Waals surface area contributed by atoms with E-state index in [1.54, 1.807) is 11.3 Å². The van der Waals surface area contributed by atoms with Crippen molar-refractivity contribution in [2.24, 2.45) is 11.8 Å². The topological polar surface area (TPSA) is 63.8 Å². The highest BCUT2D eigenvalue weighted by molar-refractivity contribution is 7.11. The highest BCUT2D eigenvalue weighted by atomic mass is 32.1. The first-order chi connectivity index (χ1) is 9.65. The fourth-order valence-corrected chi connectivity index (χ4v) is 4.23. The van der Waals surface area contributed by atoms with Gasteiger partial charge < -0.3 is 11.1 Å². The zero-order valence-electron chi connectivity index (χ0n) is 11.8. The van der Waals surface area contributed by atoms with Crippen molar-refractivity contribution in [3.8, 4) is 11.3 Å². The van der Waals surface area contributed by atoms with Crippen molar-refractivity contribution in [1.29, 1.82) is 0 Å². The largest absolute Gasteiger partial charge is 0.382 e. The lowest BCUT2D eigenvalue weighted by Gasteiger charge is -2.16. The van der Waals surface area contributed by atoms with Crippen molar-refractivity contribution in [3.63, 3.8) is 0 Å². The molecule has 0 bridgehead atoms. The predicted molar refractivity (Wildman–Crippen MR) is 87.4 cm³/mol. The van der Waals surface area contributed by atoms with Crippen molar-refractivity contribution < 1.29 is 0 Å². The molecular formula is C14H20N4S2. The number of nitrogen functional groups attached to an aromatic ring is 1. The number of anilines is 2. The van der Waals surface area contributed by atoms with E-state index in [9.17, 15) is 0 Å². The van der Waals surface area contributed by atoms with E-state index < -0.39 is 0 Å². The van der Waals surface area contributed by atoms with E-state index in [1.165, 1.54) is 30.8 Å². The molecule has 0 saturated heterocycles. The summed E-state index contributed by atoms with van der Waals surface area (Å²) >= 11 is 3.09. The van der Waals surface area contributed by atoms with E-state index in [0.29, 0.717) is 5.82 Å². The molecule has 0 aliphatic heterocycles. The number of thiazole rings is 1. The lowest BCUT2D eigenvalue weighted by Crippen LogP contribution is -2.16. The van der Waals surface area contributed by atoms with Gasteiger partial charge in [0.1, 0.15) is 10.8 Å². The highest BCUT2D eigenvalue weighted by Gasteiger charge is 2.24. The fourth-order valence-electron chi connectivity index (χ4n) is 2.90. The van der Waals surface area contributed by atoms with Gasteiger partial charge >= 0.3 is 0 Å². The Morgan fingerprint density at radius 1 is 1.45 bits per heavy atom. The SMILES string of the molecule is Cc1nc(-c2c(N)nsc2NCC2CCCC2C)cs1. The summed E-state index contributed by atoms with van der Waals surface area (Å²) in [5, 5.41) is 7.73. The maximum absolute atomic E-state index is 6.02. The van der Waals surface area contributed by atoms with Crippen LogP contribution in [0.5, 0.6) is 0 Å². The van der Waals surface area contributed by atoms with Crippen molar-refractivity contribution in [3.05, 3.63) is 10.4 Å². The summed E-state index contributed by atoms with van der Waals surface area (Å²) in [6, 6.07) is 0. The molecule has 2 heterocycles. The van der Waals surface area contributed by atoms with Gasteiger partial charge in [-0.15, -0.1) is 11.3 Å². The molecular weight excluding hydrogens is 288 g/mol. The van der Waals surface area contributed by atoms with E-state index in [-0.39, 0.29) is 0 Å². The van der Waals surface area contributed by atoms with Gasteiger partial charge in [0, 0.05) is 11.9 Å². The second-order valence-corrected chi connectivity index (χ2v) is 7.41. The molecule has 4 nitrogen and oxygen atoms in total. The van der Waals surface area contributed by atoms with Gasteiger partial charge in [0.05, 0.1) is 16.3 Å². The Morgan fingerprint density at radius 2 is 2.30 bits per heavy atom. The summed E-state index contributed by atoms with van der Waals surface area (Å²) < 4.78 is 4.29. The molecule has 0 amide bonds. The molecule has 108 valence electrons. The monoisotopic (exact) mass is 308 g/mol. The molecule has 2 aromatic rings. The van der Waals surface area contributed by atoms with E-state index in [0.717, 1.165) is 39.6 Å². The van der Waals surface area contributed by atoms with Crippen LogP contribution < -0.4 is 11.1 Å². The molecule has 6 heteroatoms. The third-order valence-corrected chi connectivity index (χ3v) is 5.75. The van der Waals surface area contributed by atoms with Gasteiger partial charge in [-0.1, -0.05) is 19.8 Å². The van der Waals surface area contributed by atoms with Crippen LogP contribution in [-0.2, 0) is 0 Å². The fraction of sp³-hybridized carbons (Fsp3) is 0.571. The van der Waals surface area contributed by atoms with Gasteiger partial charge in [-0.05, 0) is 36.7 Å². The number of nitrogens with two attached hydrogens (primary N) is 1. The van der Waals surface area contributed by atoms with Crippen LogP contribution in [0.2, 0.25) is 0 Å². The maximum atomic E-state index is 6.02. The molecule has 20 heavy (non-hydrogen) atoms. The normalized spacial score (nSPS) is 22.3. The van der Waals surface area contributed by atoms with Gasteiger partial charge in [0.2, 0.25) is 0 Å². The number of rotatable bonds is 4. The smallest absolute Gasteiger partial charge is 0.148 e. The maximum Gasteiger partial charge on any atom is 0.148 e. The molecule has 0 spiro atoms. The molecule has 1 saturated carbocycles. The lowest BCUT2D eigenvalue weighted by molar-refractivity contribution is 0.440. The Morgan fingerprint density at radius 3 is 2.95 bits per heavy atom. The molecule has 2 atom stereocenters. The first kappa shape index (κ1) is 13.8. The molecule has 0 aromatic carbocycles. The molecule has 1 aliphatic rings. The van der Waals surface area contributed by atoms with Crippen LogP contribution in [0.25, 0.3) is 11.3 Å². The minimum Gasteiger partial charge on any atom is -0.382 e. The second-order valence-electron chi connectivity index (χ2n) is 5.57. The first-order valence-corrected chi connectivity index (χ1v) is 8.72. The predicted octanol–water partition coefficient (Wildman–Crippen LogP) is 4.01. The minimum absolute atomic E-state index is 0.585. The van der Waals surface area contributed by atoms with Gasteiger partial charge in [0.15, 0.2) is 0 Å². The molecule has 2 unspecified atom stereocenters. The van der Waals surface area contributed by atoms with Crippen LogP contribution in [0.15, 0.2) is 5.38 Å². The van der Waals surface area contributed by atoms with Gasteiger partial charge in [-0.25, -0.2) is 4.98 Å². The molecule has 1 fully saturated rings. The molecule has 2 aromatic heterocycles. The minimum atomic E-state index is 0.585. The first-order valence-electron chi connectivity index (χ1n) is 7.06. The quantitative estimate of drug-likeness (QED) is 0.896. The van der Waals surface area contributed by atoms with Crippen LogP contribution in [0.4, 0.5) is 10.8 Å². The van der Waals surface area contributed by atoms with Crippen molar-refractivity contribution in [2.75, 3.05) is 17.6 Å². The summed E-state index contributed by atoms with van der Waals surface area (Å²) in [5.41, 5.74) is 7.94. The Labute approximate surface area is 127 Å². The van der Waals surface area contributed by atoms with Crippen LogP contribution in [0, 0.1) is 18.8 Å². The Hall–Kier alpha value is -1.14. The second kappa shape index (κ2) is 5.69. The van der Waals surface area contributed by atoms with E-state index in [1.807, 2.05) is 6.92 Å². The number of hydrogen-bond donors (Lipinski definition) is 2. The van der Waals surface area contributed by atoms with Gasteiger partial charge in [0.25, 0.3) is 0 Å². The molecule has 3 rings (SSSR count). The highest BCUT2D eigenvalue weighted by Crippen LogP contribution is 2.38. The Kier molecular flexibility index (Phi) is 3.94. The third kappa shape index (κ3) is 2.67. The average molecular weight is 308 g/mol. The van der Waals surface area contributed by atoms with Crippen LogP contribution in [0.3, 0.4) is 0 Å². The van der Waals surface area contributed by atoms with Gasteiger partial charge in [-0.3, -0.25) is 0 Å². The molecule has 0 radical (unpaired) electrons. The molecule has 3 N–H and O–H groups in total. The number of aryl methyl sites for hydroxylation is 1. The number of nitrogens with one attached hydrogen (secondary N) is 1. The summed E-state index contributed by atoms with van der Waals surface area (Å²) in [6.45, 7) is 5.38. The number of aromatic nitrogens is 2. The number of hydrogen-bond acceptors (Lipinski definition) is 6. The van der Waals surface area contributed by atoms with Crippen LogP contribution in [-0.4, -0.2) is 15.9 Å². The molecule has 1 aliphatic carbocycles. The van der Waals surface area contributed by atoms with E-state index in [4.69, 9.17) is 5.73 Å². The van der Waals surface area contributed by atoms with Gasteiger partial charge in [-0.2, -0.15) is 4.37 Å². The summed E-state index contributed by atoms with van der Waals surface area (Å²) in [7, 11) is 0. The summed E-state index contributed by atoms with van der Waals surface area (Å²) in [4.78, 5) is 4.53. The van der Waals surface area contributed by atoms with Crippen molar-refractivity contribution >= 4 is 33.7 Å². The zero-order chi connectivity index (χ0) is 14.1. The summed E-state index contributed by atoms with van der Waals surface area (Å²) in [5.74, 6) is 2.17. The average Bonchev–Trinajstić information content (AvgIpc) is 3.09. The van der Waals surface area contributed by atoms with E-state index in [2.05, 4.69) is 27.0 Å². The summed E-state index contributed by atoms with van der Waals surface area (Å²) in [6.07, 6.45) is 4.04. The van der Waals surface area contributed by atoms with Crippen molar-refractivity contribution in [1.82, 2.24) is 9.36 Å². The Balaban J connectivity index is 1.77.